The number of hydrogen-bond acceptors (Lipinski definition) is 3. The van der Waals surface area contributed by atoms with Crippen LogP contribution in [0.5, 0.6) is 0 Å². The maximum atomic E-state index is 13.2. The monoisotopic (exact) mass is 438 g/mol. The van der Waals surface area contributed by atoms with E-state index < -0.39 is 6.04 Å². The smallest absolute Gasteiger partial charge is 0.242 e. The molecule has 1 aliphatic rings. The number of hydrogen-bond donors (Lipinski definition) is 1. The van der Waals surface area contributed by atoms with E-state index >= 15 is 0 Å². The molecule has 1 aliphatic carbocycles. The van der Waals surface area contributed by atoms with Gasteiger partial charge in [-0.2, -0.15) is 0 Å². The number of nitrogens with one attached hydrogen (secondary N) is 1. The second-order valence-electron chi connectivity index (χ2n) is 8.53. The Morgan fingerprint density at radius 3 is 2.42 bits per heavy atom. The molecule has 31 heavy (non-hydrogen) atoms. The van der Waals surface area contributed by atoms with Gasteiger partial charge in [-0.15, -0.1) is 11.8 Å². The Kier molecular flexibility index (Phi) is 8.59. The van der Waals surface area contributed by atoms with Crippen LogP contribution in [0.3, 0.4) is 0 Å². The van der Waals surface area contributed by atoms with Crippen LogP contribution in [-0.2, 0) is 16.1 Å². The average molecular weight is 439 g/mol. The Bertz CT molecular complexity index is 875. The SMILES string of the molecule is Cc1ccc(SCCC(=O)N(Cc2ccccc2C)[C@H](C)C(=O)NC2CCCC2)cc1. The summed E-state index contributed by atoms with van der Waals surface area (Å²) in [5.74, 6) is 0.681. The fraction of sp³-hybridized carbons (Fsp3) is 0.462. The number of carbonyl (C=O) groups is 2. The molecule has 166 valence electrons. The molecule has 0 radical (unpaired) electrons. The van der Waals surface area contributed by atoms with Gasteiger partial charge in [0, 0.05) is 29.7 Å². The van der Waals surface area contributed by atoms with E-state index in [0.29, 0.717) is 18.7 Å². The highest BCUT2D eigenvalue weighted by Crippen LogP contribution is 2.22. The molecule has 0 aromatic heterocycles. The van der Waals surface area contributed by atoms with Gasteiger partial charge in [0.2, 0.25) is 11.8 Å². The van der Waals surface area contributed by atoms with Crippen molar-refractivity contribution in [2.75, 3.05) is 5.75 Å². The summed E-state index contributed by atoms with van der Waals surface area (Å²) in [4.78, 5) is 29.1. The highest BCUT2D eigenvalue weighted by atomic mass is 32.2. The van der Waals surface area contributed by atoms with Crippen LogP contribution in [0.25, 0.3) is 0 Å². The van der Waals surface area contributed by atoms with E-state index in [1.165, 1.54) is 18.4 Å². The summed E-state index contributed by atoms with van der Waals surface area (Å²) >= 11 is 1.68. The van der Waals surface area contributed by atoms with E-state index in [4.69, 9.17) is 0 Å². The van der Waals surface area contributed by atoms with E-state index in [2.05, 4.69) is 49.5 Å². The predicted molar refractivity (Wildman–Crippen MR) is 128 cm³/mol. The first kappa shape index (κ1) is 23.4. The van der Waals surface area contributed by atoms with Crippen molar-refractivity contribution in [1.29, 1.82) is 0 Å². The summed E-state index contributed by atoms with van der Waals surface area (Å²) in [6.07, 6.45) is 4.82. The summed E-state index contributed by atoms with van der Waals surface area (Å²) < 4.78 is 0. The van der Waals surface area contributed by atoms with Gasteiger partial charge in [0.05, 0.1) is 0 Å². The lowest BCUT2D eigenvalue weighted by Crippen LogP contribution is -2.49. The molecule has 5 heteroatoms. The number of thioether (sulfide) groups is 1. The lowest BCUT2D eigenvalue weighted by molar-refractivity contribution is -0.140. The van der Waals surface area contributed by atoms with Gasteiger partial charge in [-0.3, -0.25) is 9.59 Å². The van der Waals surface area contributed by atoms with Gasteiger partial charge in [-0.25, -0.2) is 0 Å². The van der Waals surface area contributed by atoms with Crippen molar-refractivity contribution in [2.45, 2.75) is 76.4 Å². The zero-order chi connectivity index (χ0) is 22.2. The van der Waals surface area contributed by atoms with E-state index in [-0.39, 0.29) is 17.9 Å². The minimum Gasteiger partial charge on any atom is -0.352 e. The number of carbonyl (C=O) groups excluding carboxylic acids is 2. The molecule has 0 aliphatic heterocycles. The van der Waals surface area contributed by atoms with Gasteiger partial charge in [-0.05, 0) is 56.9 Å². The fourth-order valence-electron chi connectivity index (χ4n) is 3.98. The molecule has 1 N–H and O–H groups in total. The molecule has 2 aromatic carbocycles. The zero-order valence-corrected chi connectivity index (χ0v) is 19.7. The van der Waals surface area contributed by atoms with Crippen molar-refractivity contribution in [3.63, 3.8) is 0 Å². The number of nitrogens with zero attached hydrogens (tertiary/aromatic N) is 1. The fourth-order valence-corrected chi connectivity index (χ4v) is 4.82. The molecule has 1 fully saturated rings. The van der Waals surface area contributed by atoms with Crippen LogP contribution in [0.4, 0.5) is 0 Å². The van der Waals surface area contributed by atoms with Crippen LogP contribution >= 0.6 is 11.8 Å². The maximum Gasteiger partial charge on any atom is 0.242 e. The van der Waals surface area contributed by atoms with Crippen LogP contribution in [0.1, 0.15) is 55.7 Å². The Morgan fingerprint density at radius 1 is 1.06 bits per heavy atom. The molecule has 3 rings (SSSR count). The molecule has 4 nitrogen and oxygen atoms in total. The Hall–Kier alpha value is -2.27. The lowest BCUT2D eigenvalue weighted by Gasteiger charge is -2.30. The van der Waals surface area contributed by atoms with E-state index in [1.807, 2.05) is 25.1 Å². The number of benzene rings is 2. The Labute approximate surface area is 190 Å². The van der Waals surface area contributed by atoms with Crippen molar-refractivity contribution in [3.05, 3.63) is 65.2 Å². The van der Waals surface area contributed by atoms with Gasteiger partial charge in [0.15, 0.2) is 0 Å². The zero-order valence-electron chi connectivity index (χ0n) is 18.9. The number of amides is 2. The van der Waals surface area contributed by atoms with Crippen LogP contribution in [0, 0.1) is 13.8 Å². The van der Waals surface area contributed by atoms with Crippen molar-refractivity contribution in [1.82, 2.24) is 10.2 Å². The van der Waals surface area contributed by atoms with Crippen molar-refractivity contribution < 1.29 is 9.59 Å². The maximum absolute atomic E-state index is 13.2. The van der Waals surface area contributed by atoms with Crippen LogP contribution in [-0.4, -0.2) is 34.6 Å². The Balaban J connectivity index is 1.66. The second kappa shape index (κ2) is 11.4. The highest BCUT2D eigenvalue weighted by Gasteiger charge is 2.28. The summed E-state index contributed by atoms with van der Waals surface area (Å²) in [7, 11) is 0. The van der Waals surface area contributed by atoms with Crippen LogP contribution in [0.15, 0.2) is 53.4 Å². The third-order valence-corrected chi connectivity index (χ3v) is 7.09. The second-order valence-corrected chi connectivity index (χ2v) is 9.69. The summed E-state index contributed by atoms with van der Waals surface area (Å²) in [5, 5.41) is 3.16. The van der Waals surface area contributed by atoms with Gasteiger partial charge >= 0.3 is 0 Å². The van der Waals surface area contributed by atoms with Crippen molar-refractivity contribution >= 4 is 23.6 Å². The molecule has 0 unspecified atom stereocenters. The first-order valence-corrected chi connectivity index (χ1v) is 12.3. The molecule has 0 spiro atoms. The van der Waals surface area contributed by atoms with Gasteiger partial charge in [0.25, 0.3) is 0 Å². The molecule has 2 amide bonds. The predicted octanol–water partition coefficient (Wildman–Crippen LogP) is 5.26. The molecule has 2 aromatic rings. The number of rotatable bonds is 9. The molecule has 0 saturated heterocycles. The minimum atomic E-state index is -0.489. The summed E-state index contributed by atoms with van der Waals surface area (Å²) in [5.41, 5.74) is 3.45. The normalized spacial score (nSPS) is 14.9. The topological polar surface area (TPSA) is 49.4 Å². The van der Waals surface area contributed by atoms with Crippen molar-refractivity contribution in [2.24, 2.45) is 0 Å². The third kappa shape index (κ3) is 6.86. The lowest BCUT2D eigenvalue weighted by atomic mass is 10.1. The van der Waals surface area contributed by atoms with Gasteiger partial charge in [0.1, 0.15) is 6.04 Å². The molecule has 1 atom stereocenters. The quantitative estimate of drug-likeness (QED) is 0.543. The third-order valence-electron chi connectivity index (χ3n) is 6.08. The summed E-state index contributed by atoms with van der Waals surface area (Å²) in [6.45, 7) is 6.43. The van der Waals surface area contributed by atoms with E-state index in [9.17, 15) is 9.59 Å². The molecular weight excluding hydrogens is 404 g/mol. The average Bonchev–Trinajstić information content (AvgIpc) is 3.27. The standard InChI is InChI=1S/C26H34N2O2S/c1-19-12-14-24(15-13-19)31-17-16-25(29)28(18-22-9-5-4-8-20(22)2)21(3)26(30)27-23-10-6-7-11-23/h4-5,8-9,12-15,21,23H,6-7,10-11,16-18H2,1-3H3,(H,27,30)/t21-/m1/s1. The van der Waals surface area contributed by atoms with E-state index in [0.717, 1.165) is 28.9 Å². The molecule has 0 heterocycles. The highest BCUT2D eigenvalue weighted by molar-refractivity contribution is 7.99. The summed E-state index contributed by atoms with van der Waals surface area (Å²) in [6, 6.07) is 16.2. The van der Waals surface area contributed by atoms with E-state index in [1.54, 1.807) is 16.7 Å². The van der Waals surface area contributed by atoms with Crippen LogP contribution < -0.4 is 5.32 Å². The molecular formula is C26H34N2O2S. The first-order valence-electron chi connectivity index (χ1n) is 11.3. The first-order chi connectivity index (χ1) is 14.9. The van der Waals surface area contributed by atoms with Crippen LogP contribution in [0.2, 0.25) is 0 Å². The number of aryl methyl sites for hydroxylation is 2. The Morgan fingerprint density at radius 2 is 1.74 bits per heavy atom. The van der Waals surface area contributed by atoms with Gasteiger partial charge < -0.3 is 10.2 Å². The van der Waals surface area contributed by atoms with Gasteiger partial charge in [-0.1, -0.05) is 54.8 Å². The largest absolute Gasteiger partial charge is 0.352 e. The van der Waals surface area contributed by atoms with Crippen molar-refractivity contribution in [3.8, 4) is 0 Å². The minimum absolute atomic E-state index is 0.0249. The molecule has 0 bridgehead atoms. The molecule has 1 saturated carbocycles.